The normalized spacial score (nSPS) is 23.9. The van der Waals surface area contributed by atoms with Crippen LogP contribution in [0.25, 0.3) is 0 Å². The van der Waals surface area contributed by atoms with E-state index in [4.69, 9.17) is 10.2 Å². The van der Waals surface area contributed by atoms with Crippen LogP contribution in [0.4, 0.5) is 0 Å². The Morgan fingerprint density at radius 2 is 1.84 bits per heavy atom. The van der Waals surface area contributed by atoms with E-state index in [1.807, 2.05) is 30.3 Å². The van der Waals surface area contributed by atoms with Gasteiger partial charge in [-0.15, -0.1) is 0 Å². The molecule has 2 atom stereocenters. The highest BCUT2D eigenvalue weighted by atomic mass is 16.3. The van der Waals surface area contributed by atoms with Gasteiger partial charge in [-0.1, -0.05) is 30.3 Å². The Balaban J connectivity index is 1.93. The molecule has 1 aromatic carbocycles. The number of aliphatic hydroxyl groups excluding tert-OH is 3. The summed E-state index contributed by atoms with van der Waals surface area (Å²) in [6.45, 7) is 1.04. The number of carbonyl (C=O) groups excluding carboxylic acids is 1. The van der Waals surface area contributed by atoms with Crippen molar-refractivity contribution in [3.8, 4) is 0 Å². The highest BCUT2D eigenvalue weighted by Crippen LogP contribution is 2.24. The Morgan fingerprint density at radius 1 is 1.20 bits per heavy atom. The lowest BCUT2D eigenvalue weighted by Gasteiger charge is -2.44. The third-order valence-corrected chi connectivity index (χ3v) is 4.71. The van der Waals surface area contributed by atoms with Crippen molar-refractivity contribution >= 4 is 5.91 Å². The highest BCUT2D eigenvalue weighted by molar-refractivity contribution is 5.79. The molecular weight excluding hydrogens is 324 g/mol. The van der Waals surface area contributed by atoms with Crippen molar-refractivity contribution in [3.63, 3.8) is 0 Å². The predicted molar refractivity (Wildman–Crippen MR) is 92.9 cm³/mol. The quantitative estimate of drug-likeness (QED) is 0.471. The summed E-state index contributed by atoms with van der Waals surface area (Å²) in [6.07, 6.45) is -0.546. The second kappa shape index (κ2) is 9.26. The standard InChI is InChI=1S/C18H28N2O5/c21-10-8-19(9-11-22)14-18(25)6-7-20(13-16(18)23)17(24)12-15-4-2-1-3-5-15/h1-5,16,21-23,25H,6-14H2/t16-,18-/m0/s1. The predicted octanol–water partition coefficient (Wildman–Crippen LogP) is -1.16. The van der Waals surface area contributed by atoms with Crippen LogP contribution in [0.3, 0.4) is 0 Å². The van der Waals surface area contributed by atoms with E-state index in [1.54, 1.807) is 9.80 Å². The average Bonchev–Trinajstić information content (AvgIpc) is 2.59. The van der Waals surface area contributed by atoms with Gasteiger partial charge in [0.1, 0.15) is 11.7 Å². The molecule has 25 heavy (non-hydrogen) atoms. The van der Waals surface area contributed by atoms with Gasteiger partial charge in [-0.3, -0.25) is 9.69 Å². The molecule has 0 aromatic heterocycles. The van der Waals surface area contributed by atoms with Gasteiger partial charge in [0.25, 0.3) is 0 Å². The maximum absolute atomic E-state index is 12.4. The van der Waals surface area contributed by atoms with E-state index in [2.05, 4.69) is 0 Å². The van der Waals surface area contributed by atoms with Crippen LogP contribution in [0.5, 0.6) is 0 Å². The fourth-order valence-electron chi connectivity index (χ4n) is 3.20. The molecule has 2 rings (SSSR count). The fourth-order valence-corrected chi connectivity index (χ4v) is 3.20. The molecule has 0 saturated carbocycles. The Labute approximate surface area is 148 Å². The number of carbonyl (C=O) groups is 1. The van der Waals surface area contributed by atoms with Crippen molar-refractivity contribution < 1.29 is 25.2 Å². The summed E-state index contributed by atoms with van der Waals surface area (Å²) in [5, 5.41) is 39.3. The SMILES string of the molecule is O=C(Cc1ccccc1)N1CC[C@](O)(CN(CCO)CCO)[C@@H](O)C1. The van der Waals surface area contributed by atoms with E-state index >= 15 is 0 Å². The van der Waals surface area contributed by atoms with Crippen molar-refractivity contribution in [1.29, 1.82) is 0 Å². The molecule has 0 unspecified atom stereocenters. The molecule has 4 N–H and O–H groups in total. The molecule has 7 nitrogen and oxygen atoms in total. The molecule has 1 amide bonds. The van der Waals surface area contributed by atoms with Gasteiger partial charge in [-0.2, -0.15) is 0 Å². The van der Waals surface area contributed by atoms with E-state index < -0.39 is 11.7 Å². The molecule has 0 bridgehead atoms. The van der Waals surface area contributed by atoms with Crippen molar-refractivity contribution in [2.75, 3.05) is 45.9 Å². The molecule has 1 aromatic rings. The number of benzene rings is 1. The van der Waals surface area contributed by atoms with Crippen molar-refractivity contribution in [2.24, 2.45) is 0 Å². The lowest BCUT2D eigenvalue weighted by Crippen LogP contribution is -2.61. The second-order valence-corrected chi connectivity index (χ2v) is 6.59. The third kappa shape index (κ3) is 5.49. The van der Waals surface area contributed by atoms with Gasteiger partial charge in [0.15, 0.2) is 0 Å². The second-order valence-electron chi connectivity index (χ2n) is 6.59. The summed E-state index contributed by atoms with van der Waals surface area (Å²) in [4.78, 5) is 15.7. The molecule has 0 aliphatic carbocycles. The van der Waals surface area contributed by atoms with Crippen LogP contribution in [0.2, 0.25) is 0 Å². The summed E-state index contributed by atoms with van der Waals surface area (Å²) in [7, 11) is 0. The van der Waals surface area contributed by atoms with Crippen LogP contribution in [0, 0.1) is 0 Å². The number of hydrogen-bond donors (Lipinski definition) is 4. The number of likely N-dealkylation sites (tertiary alicyclic amines) is 1. The first-order valence-corrected chi connectivity index (χ1v) is 8.64. The van der Waals surface area contributed by atoms with Gasteiger partial charge >= 0.3 is 0 Å². The maximum atomic E-state index is 12.4. The minimum atomic E-state index is -1.35. The van der Waals surface area contributed by atoms with Crippen molar-refractivity contribution in [2.45, 2.75) is 24.5 Å². The summed E-state index contributed by atoms with van der Waals surface area (Å²) >= 11 is 0. The summed E-state index contributed by atoms with van der Waals surface area (Å²) in [5.74, 6) is -0.0742. The van der Waals surface area contributed by atoms with E-state index in [-0.39, 0.29) is 45.1 Å². The van der Waals surface area contributed by atoms with E-state index in [0.717, 1.165) is 5.56 Å². The molecule has 1 heterocycles. The lowest BCUT2D eigenvalue weighted by atomic mass is 9.87. The highest BCUT2D eigenvalue weighted by Gasteiger charge is 2.42. The number of β-amino-alcohol motifs (C(OH)–C–C–N with tert-alkyl or cyclic N) is 1. The van der Waals surface area contributed by atoms with Gasteiger partial charge in [0.05, 0.1) is 19.6 Å². The number of amides is 1. The Kier molecular flexibility index (Phi) is 7.34. The summed E-state index contributed by atoms with van der Waals surface area (Å²) < 4.78 is 0. The van der Waals surface area contributed by atoms with Crippen molar-refractivity contribution in [3.05, 3.63) is 35.9 Å². The first-order chi connectivity index (χ1) is 12.0. The monoisotopic (exact) mass is 352 g/mol. The molecule has 7 heteroatoms. The van der Waals surface area contributed by atoms with Crippen molar-refractivity contribution in [1.82, 2.24) is 9.80 Å². The van der Waals surface area contributed by atoms with Crippen LogP contribution in [0.15, 0.2) is 30.3 Å². The first kappa shape index (κ1) is 19.8. The molecule has 1 aliphatic rings. The van der Waals surface area contributed by atoms with Crippen LogP contribution in [-0.4, -0.2) is 93.8 Å². The minimum absolute atomic E-state index is 0.0742. The zero-order valence-electron chi connectivity index (χ0n) is 14.4. The Hall–Kier alpha value is -1.51. The smallest absolute Gasteiger partial charge is 0.227 e. The van der Waals surface area contributed by atoms with E-state index in [0.29, 0.717) is 19.6 Å². The number of rotatable bonds is 8. The summed E-state index contributed by atoms with van der Waals surface area (Å²) in [5.41, 5.74) is -0.437. The zero-order chi connectivity index (χ0) is 18.3. The Bertz CT molecular complexity index is 536. The van der Waals surface area contributed by atoms with E-state index in [9.17, 15) is 15.0 Å². The zero-order valence-corrected chi connectivity index (χ0v) is 14.4. The molecule has 1 fully saturated rings. The van der Waals surface area contributed by atoms with E-state index in [1.165, 1.54) is 0 Å². The van der Waals surface area contributed by atoms with Crippen LogP contribution in [0.1, 0.15) is 12.0 Å². The van der Waals surface area contributed by atoms with Gasteiger partial charge in [-0.25, -0.2) is 0 Å². The van der Waals surface area contributed by atoms with Gasteiger partial charge < -0.3 is 25.3 Å². The van der Waals surface area contributed by atoms with Crippen LogP contribution < -0.4 is 0 Å². The molecule has 1 aliphatic heterocycles. The first-order valence-electron chi connectivity index (χ1n) is 8.64. The number of piperidine rings is 1. The average molecular weight is 352 g/mol. The molecule has 0 radical (unpaired) electrons. The third-order valence-electron chi connectivity index (χ3n) is 4.71. The van der Waals surface area contributed by atoms with Crippen LogP contribution in [-0.2, 0) is 11.2 Å². The maximum Gasteiger partial charge on any atom is 0.227 e. The lowest BCUT2D eigenvalue weighted by molar-refractivity contribution is -0.153. The van der Waals surface area contributed by atoms with Gasteiger partial charge in [0.2, 0.25) is 5.91 Å². The van der Waals surface area contributed by atoms with Gasteiger partial charge in [0, 0.05) is 32.7 Å². The molecule has 1 saturated heterocycles. The number of hydrogen-bond acceptors (Lipinski definition) is 6. The molecular formula is C18H28N2O5. The minimum Gasteiger partial charge on any atom is -0.395 e. The Morgan fingerprint density at radius 3 is 2.40 bits per heavy atom. The fraction of sp³-hybridized carbons (Fsp3) is 0.611. The topological polar surface area (TPSA) is 104 Å². The molecule has 0 spiro atoms. The molecule has 140 valence electrons. The number of aliphatic hydroxyl groups is 4. The largest absolute Gasteiger partial charge is 0.395 e. The van der Waals surface area contributed by atoms with Crippen LogP contribution >= 0.6 is 0 Å². The van der Waals surface area contributed by atoms with Gasteiger partial charge in [-0.05, 0) is 12.0 Å². The summed E-state index contributed by atoms with van der Waals surface area (Å²) in [6, 6.07) is 9.42. The number of nitrogens with zero attached hydrogens (tertiary/aromatic N) is 2.